The van der Waals surface area contributed by atoms with Crippen LogP contribution in [0, 0.1) is 17.3 Å². The summed E-state index contributed by atoms with van der Waals surface area (Å²) in [6, 6.07) is 0.392. The summed E-state index contributed by atoms with van der Waals surface area (Å²) in [5.74, 6) is 0.573. The van der Waals surface area contributed by atoms with Gasteiger partial charge in [-0.05, 0) is 68.6 Å². The van der Waals surface area contributed by atoms with Crippen LogP contribution in [0.25, 0.3) is 0 Å². The predicted octanol–water partition coefficient (Wildman–Crippen LogP) is 3.67. The van der Waals surface area contributed by atoms with Gasteiger partial charge in [-0.1, -0.05) is 19.3 Å². The molecule has 0 aromatic rings. The maximum absolute atomic E-state index is 11.8. The summed E-state index contributed by atoms with van der Waals surface area (Å²) in [5, 5.41) is 9.72. The molecular formula is C18H29NO2. The fourth-order valence-corrected chi connectivity index (χ4v) is 6.21. The number of likely N-dealkylation sites (tertiary alicyclic amines) is 1. The number of rotatable bonds is 2. The van der Waals surface area contributed by atoms with E-state index in [-0.39, 0.29) is 6.04 Å². The van der Waals surface area contributed by atoms with Crippen LogP contribution in [0.4, 0.5) is 0 Å². The number of carbonyl (C=O) groups is 1. The molecular weight excluding hydrogens is 262 g/mol. The van der Waals surface area contributed by atoms with Crippen LogP contribution >= 0.6 is 0 Å². The van der Waals surface area contributed by atoms with Crippen molar-refractivity contribution in [1.82, 2.24) is 4.90 Å². The Hall–Kier alpha value is -0.570. The van der Waals surface area contributed by atoms with Crippen LogP contribution in [0.3, 0.4) is 0 Å². The van der Waals surface area contributed by atoms with Crippen molar-refractivity contribution in [3.05, 3.63) is 0 Å². The third-order valence-electron chi connectivity index (χ3n) is 7.33. The van der Waals surface area contributed by atoms with E-state index in [0.29, 0.717) is 23.3 Å². The highest BCUT2D eigenvalue weighted by molar-refractivity contribution is 5.74. The van der Waals surface area contributed by atoms with E-state index in [1.54, 1.807) is 0 Å². The van der Waals surface area contributed by atoms with Crippen molar-refractivity contribution < 1.29 is 9.90 Å². The molecule has 1 N–H and O–H groups in total. The van der Waals surface area contributed by atoms with E-state index in [4.69, 9.17) is 0 Å². The van der Waals surface area contributed by atoms with Crippen LogP contribution in [0.1, 0.15) is 70.6 Å². The third kappa shape index (κ3) is 2.32. The van der Waals surface area contributed by atoms with E-state index >= 15 is 0 Å². The van der Waals surface area contributed by atoms with Gasteiger partial charge in [0.25, 0.3) is 0 Å². The quantitative estimate of drug-likeness (QED) is 0.844. The summed E-state index contributed by atoms with van der Waals surface area (Å²) in [7, 11) is 0. The molecule has 1 heterocycles. The molecule has 4 aliphatic rings. The fraction of sp³-hybridized carbons (Fsp3) is 0.944. The first-order valence-corrected chi connectivity index (χ1v) is 9.17. The highest BCUT2D eigenvalue weighted by Crippen LogP contribution is 2.51. The molecule has 0 radical (unpaired) electrons. The summed E-state index contributed by atoms with van der Waals surface area (Å²) in [6.07, 6.45) is 14.6. The van der Waals surface area contributed by atoms with Gasteiger partial charge in [-0.2, -0.15) is 0 Å². The van der Waals surface area contributed by atoms with E-state index in [2.05, 4.69) is 4.90 Å². The van der Waals surface area contributed by atoms with Gasteiger partial charge in [-0.15, -0.1) is 0 Å². The number of fused-ring (bicyclic) bond motifs is 1. The summed E-state index contributed by atoms with van der Waals surface area (Å²) in [6.45, 7) is 1.07. The monoisotopic (exact) mass is 291 g/mol. The maximum Gasteiger partial charge on any atom is 0.321 e. The van der Waals surface area contributed by atoms with Crippen molar-refractivity contribution in [2.24, 2.45) is 17.3 Å². The smallest absolute Gasteiger partial charge is 0.321 e. The van der Waals surface area contributed by atoms with Gasteiger partial charge in [0, 0.05) is 12.6 Å². The molecule has 4 fully saturated rings. The largest absolute Gasteiger partial charge is 0.480 e. The minimum atomic E-state index is -0.550. The second kappa shape index (κ2) is 5.26. The molecule has 0 amide bonds. The molecule has 118 valence electrons. The van der Waals surface area contributed by atoms with E-state index in [9.17, 15) is 9.90 Å². The normalized spacial score (nSPS) is 39.9. The highest BCUT2D eigenvalue weighted by Gasteiger charge is 2.51. The Kier molecular flexibility index (Phi) is 3.52. The predicted molar refractivity (Wildman–Crippen MR) is 82.1 cm³/mol. The lowest BCUT2D eigenvalue weighted by Gasteiger charge is -2.42. The average Bonchev–Trinajstić information content (AvgIpc) is 3.14. The Morgan fingerprint density at radius 2 is 1.67 bits per heavy atom. The van der Waals surface area contributed by atoms with Gasteiger partial charge < -0.3 is 5.11 Å². The molecule has 3 aliphatic carbocycles. The second-order valence-electron chi connectivity index (χ2n) is 8.27. The zero-order chi connectivity index (χ0) is 14.4. The summed E-state index contributed by atoms with van der Waals surface area (Å²) >= 11 is 0. The van der Waals surface area contributed by atoms with Gasteiger partial charge in [0.1, 0.15) is 6.04 Å². The van der Waals surface area contributed by atoms with Crippen molar-refractivity contribution in [3.8, 4) is 0 Å². The zero-order valence-corrected chi connectivity index (χ0v) is 13.1. The topological polar surface area (TPSA) is 40.5 Å². The van der Waals surface area contributed by atoms with Crippen molar-refractivity contribution in [3.63, 3.8) is 0 Å². The lowest BCUT2D eigenvalue weighted by Crippen LogP contribution is -2.47. The Balaban J connectivity index is 1.45. The lowest BCUT2D eigenvalue weighted by atomic mass is 9.71. The van der Waals surface area contributed by atoms with Crippen molar-refractivity contribution in [2.75, 3.05) is 6.54 Å². The van der Waals surface area contributed by atoms with E-state index < -0.39 is 5.97 Å². The molecule has 4 rings (SSSR count). The van der Waals surface area contributed by atoms with Gasteiger partial charge in [0.05, 0.1) is 0 Å². The summed E-state index contributed by atoms with van der Waals surface area (Å²) < 4.78 is 0. The van der Waals surface area contributed by atoms with Gasteiger partial charge in [-0.3, -0.25) is 9.69 Å². The molecule has 0 aromatic heterocycles. The van der Waals surface area contributed by atoms with Crippen LogP contribution in [-0.2, 0) is 4.79 Å². The number of aliphatic carboxylic acids is 1. The number of nitrogens with zero attached hydrogens (tertiary/aromatic N) is 1. The molecule has 3 saturated carbocycles. The lowest BCUT2D eigenvalue weighted by molar-refractivity contribution is -0.144. The number of hydrogen-bond donors (Lipinski definition) is 1. The highest BCUT2D eigenvalue weighted by atomic mass is 16.4. The van der Waals surface area contributed by atoms with Gasteiger partial charge in [0.2, 0.25) is 0 Å². The van der Waals surface area contributed by atoms with E-state index in [1.165, 1.54) is 64.2 Å². The first kappa shape index (κ1) is 14.0. The van der Waals surface area contributed by atoms with Crippen molar-refractivity contribution in [1.29, 1.82) is 0 Å². The average molecular weight is 291 g/mol. The molecule has 3 heteroatoms. The molecule has 1 spiro atoms. The Morgan fingerprint density at radius 3 is 2.33 bits per heavy atom. The fourth-order valence-electron chi connectivity index (χ4n) is 6.21. The molecule has 21 heavy (non-hydrogen) atoms. The van der Waals surface area contributed by atoms with Crippen molar-refractivity contribution >= 4 is 5.97 Å². The molecule has 0 aromatic carbocycles. The van der Waals surface area contributed by atoms with Crippen LogP contribution in [0.15, 0.2) is 0 Å². The van der Waals surface area contributed by atoms with Crippen molar-refractivity contribution in [2.45, 2.75) is 82.7 Å². The first-order chi connectivity index (χ1) is 10.2. The van der Waals surface area contributed by atoms with Crippen LogP contribution in [0.2, 0.25) is 0 Å². The van der Waals surface area contributed by atoms with Crippen LogP contribution < -0.4 is 0 Å². The third-order valence-corrected chi connectivity index (χ3v) is 7.33. The molecule has 3 nitrogen and oxygen atoms in total. The standard InChI is InChI=1S/C18H29NO2/c20-17(21)16-15-5-3-4-13(15)12-19(16)14-6-10-18(11-7-14)8-1-2-9-18/h13-16H,1-12H2,(H,20,21). The first-order valence-electron chi connectivity index (χ1n) is 9.17. The number of carboxylic acids is 1. The van der Waals surface area contributed by atoms with Gasteiger partial charge in [-0.25, -0.2) is 0 Å². The number of carboxylic acid groups (broad SMARTS) is 1. The summed E-state index contributed by atoms with van der Waals surface area (Å²) in [4.78, 5) is 14.2. The Bertz CT molecular complexity index is 405. The minimum Gasteiger partial charge on any atom is -0.480 e. The minimum absolute atomic E-state index is 0.167. The van der Waals surface area contributed by atoms with Crippen LogP contribution in [-0.4, -0.2) is 34.6 Å². The molecule has 0 bridgehead atoms. The molecule has 3 atom stereocenters. The maximum atomic E-state index is 11.8. The van der Waals surface area contributed by atoms with E-state index in [0.717, 1.165) is 13.0 Å². The number of hydrogen-bond acceptors (Lipinski definition) is 2. The molecule has 1 aliphatic heterocycles. The molecule has 1 saturated heterocycles. The SMILES string of the molecule is O=C(O)C1C2CCCC2CN1C1CCC2(CCCC2)CC1. The Labute approximate surface area is 128 Å². The molecule has 3 unspecified atom stereocenters. The zero-order valence-electron chi connectivity index (χ0n) is 13.1. The Morgan fingerprint density at radius 1 is 0.952 bits per heavy atom. The van der Waals surface area contributed by atoms with E-state index in [1.807, 2.05) is 0 Å². The van der Waals surface area contributed by atoms with Gasteiger partial charge >= 0.3 is 5.97 Å². The summed E-state index contributed by atoms with van der Waals surface area (Å²) in [5.41, 5.74) is 0.658. The second-order valence-corrected chi connectivity index (χ2v) is 8.27. The van der Waals surface area contributed by atoms with Crippen LogP contribution in [0.5, 0.6) is 0 Å². The van der Waals surface area contributed by atoms with Gasteiger partial charge in [0.15, 0.2) is 0 Å².